The highest BCUT2D eigenvalue weighted by molar-refractivity contribution is 7.98. The van der Waals surface area contributed by atoms with Gasteiger partial charge in [0.25, 0.3) is 0 Å². The Hall–Kier alpha value is -2.83. The molecule has 0 bridgehead atoms. The van der Waals surface area contributed by atoms with Crippen molar-refractivity contribution in [1.29, 1.82) is 0 Å². The van der Waals surface area contributed by atoms with Crippen molar-refractivity contribution in [1.82, 2.24) is 10.5 Å². The summed E-state index contributed by atoms with van der Waals surface area (Å²) in [6, 6.07) is 21.2. The second-order valence-corrected chi connectivity index (χ2v) is 6.30. The maximum Gasteiger partial charge on any atom is 0.219 e. The predicted octanol–water partition coefficient (Wildman–Crippen LogP) is 4.52. The molecule has 0 atom stereocenters. The lowest BCUT2D eigenvalue weighted by atomic mass is 10.2. The molecule has 0 aliphatic rings. The Bertz CT molecular complexity index is 850. The van der Waals surface area contributed by atoms with Gasteiger partial charge in [0.1, 0.15) is 5.75 Å². The van der Waals surface area contributed by atoms with Gasteiger partial charge in [0.2, 0.25) is 5.88 Å². The fourth-order valence-corrected chi connectivity index (χ4v) is 2.70. The number of pyridine rings is 1. The predicted molar refractivity (Wildman–Crippen MR) is 104 cm³/mol. The quantitative estimate of drug-likeness (QED) is 0.291. The number of nitrogens with zero attached hydrogens (tertiary/aromatic N) is 2. The number of nitrogens with one attached hydrogen (secondary N) is 1. The fourth-order valence-electron chi connectivity index (χ4n) is 2.29. The number of amidine groups is 1. The monoisotopic (exact) mass is 365 g/mol. The van der Waals surface area contributed by atoms with E-state index in [1.54, 1.807) is 30.1 Å². The molecule has 0 saturated carbocycles. The van der Waals surface area contributed by atoms with Crippen LogP contribution in [0.4, 0.5) is 0 Å². The highest BCUT2D eigenvalue weighted by Gasteiger charge is 2.05. The van der Waals surface area contributed by atoms with Crippen molar-refractivity contribution in [2.45, 2.75) is 11.4 Å². The van der Waals surface area contributed by atoms with Crippen molar-refractivity contribution in [2.75, 3.05) is 6.26 Å². The SMILES string of the molecule is CSc1ccc(Oc2ccc(C(=NCc3ccccc3)NO)cn2)cc1. The van der Waals surface area contributed by atoms with E-state index in [1.165, 1.54) is 4.90 Å². The number of aromatic nitrogens is 1. The van der Waals surface area contributed by atoms with E-state index >= 15 is 0 Å². The molecular weight excluding hydrogens is 346 g/mol. The Balaban J connectivity index is 1.68. The summed E-state index contributed by atoms with van der Waals surface area (Å²) in [5.41, 5.74) is 3.87. The molecule has 3 rings (SSSR count). The van der Waals surface area contributed by atoms with Gasteiger partial charge in [0.15, 0.2) is 5.84 Å². The van der Waals surface area contributed by atoms with Crippen molar-refractivity contribution in [3.63, 3.8) is 0 Å². The van der Waals surface area contributed by atoms with Crippen LogP contribution < -0.4 is 10.2 Å². The summed E-state index contributed by atoms with van der Waals surface area (Å²) in [4.78, 5) is 9.84. The van der Waals surface area contributed by atoms with Gasteiger partial charge >= 0.3 is 0 Å². The van der Waals surface area contributed by atoms with Crippen LogP contribution in [-0.4, -0.2) is 22.3 Å². The first-order chi connectivity index (χ1) is 12.8. The van der Waals surface area contributed by atoms with E-state index < -0.39 is 0 Å². The van der Waals surface area contributed by atoms with E-state index in [-0.39, 0.29) is 0 Å². The van der Waals surface area contributed by atoms with E-state index in [4.69, 9.17) is 4.74 Å². The largest absolute Gasteiger partial charge is 0.439 e. The average molecular weight is 365 g/mol. The smallest absolute Gasteiger partial charge is 0.219 e. The molecule has 0 radical (unpaired) electrons. The number of hydrogen-bond acceptors (Lipinski definition) is 5. The number of rotatable bonds is 6. The molecule has 2 aromatic carbocycles. The van der Waals surface area contributed by atoms with E-state index in [2.05, 4.69) is 15.5 Å². The summed E-state index contributed by atoms with van der Waals surface area (Å²) in [6.45, 7) is 0.462. The normalized spacial score (nSPS) is 11.2. The van der Waals surface area contributed by atoms with Gasteiger partial charge in [-0.15, -0.1) is 11.8 Å². The lowest BCUT2D eigenvalue weighted by Crippen LogP contribution is -2.20. The van der Waals surface area contributed by atoms with Crippen LogP contribution in [0.5, 0.6) is 11.6 Å². The molecule has 2 N–H and O–H groups in total. The first kappa shape index (κ1) is 18.0. The van der Waals surface area contributed by atoms with Gasteiger partial charge in [0, 0.05) is 22.7 Å². The molecular formula is C20H19N3O2S. The van der Waals surface area contributed by atoms with Crippen molar-refractivity contribution in [2.24, 2.45) is 4.99 Å². The molecule has 0 saturated heterocycles. The summed E-state index contributed by atoms with van der Waals surface area (Å²) >= 11 is 1.68. The van der Waals surface area contributed by atoms with Crippen molar-refractivity contribution < 1.29 is 9.94 Å². The van der Waals surface area contributed by atoms with E-state index in [0.717, 1.165) is 11.3 Å². The number of benzene rings is 2. The molecule has 0 fully saturated rings. The molecule has 1 heterocycles. The molecule has 0 unspecified atom stereocenters. The minimum absolute atomic E-state index is 0.359. The summed E-state index contributed by atoms with van der Waals surface area (Å²) in [6.07, 6.45) is 3.64. The summed E-state index contributed by atoms with van der Waals surface area (Å²) in [5.74, 6) is 1.56. The van der Waals surface area contributed by atoms with E-state index in [0.29, 0.717) is 23.8 Å². The van der Waals surface area contributed by atoms with Gasteiger partial charge in [-0.1, -0.05) is 30.3 Å². The summed E-state index contributed by atoms with van der Waals surface area (Å²) in [5, 5.41) is 9.37. The van der Waals surface area contributed by atoms with Crippen LogP contribution in [0.2, 0.25) is 0 Å². The maximum absolute atomic E-state index is 9.37. The average Bonchev–Trinajstić information content (AvgIpc) is 2.71. The number of hydrogen-bond donors (Lipinski definition) is 2. The zero-order valence-corrected chi connectivity index (χ0v) is 15.1. The molecule has 6 heteroatoms. The third-order valence-corrected chi connectivity index (χ3v) is 4.40. The van der Waals surface area contributed by atoms with Crippen LogP contribution in [0.3, 0.4) is 0 Å². The third-order valence-electron chi connectivity index (χ3n) is 3.66. The van der Waals surface area contributed by atoms with Crippen molar-refractivity contribution in [3.8, 4) is 11.6 Å². The van der Waals surface area contributed by atoms with Gasteiger partial charge in [0.05, 0.1) is 6.54 Å². The molecule has 3 aromatic rings. The highest BCUT2D eigenvalue weighted by atomic mass is 32.2. The van der Waals surface area contributed by atoms with Crippen LogP contribution in [0.25, 0.3) is 0 Å². The standard InChI is InChI=1S/C20H19N3O2S/c1-26-18-10-8-17(9-11-18)25-19-12-7-16(14-21-19)20(23-24)22-13-15-5-3-2-4-6-15/h2-12,14,24H,13H2,1H3,(H,22,23). The zero-order chi connectivity index (χ0) is 18.2. The maximum atomic E-state index is 9.37. The first-order valence-corrected chi connectivity index (χ1v) is 9.28. The molecule has 26 heavy (non-hydrogen) atoms. The number of ether oxygens (including phenoxy) is 1. The molecule has 0 amide bonds. The van der Waals surface area contributed by atoms with Gasteiger partial charge in [-0.05, 0) is 42.2 Å². The van der Waals surface area contributed by atoms with Gasteiger partial charge in [-0.25, -0.2) is 4.98 Å². The minimum Gasteiger partial charge on any atom is -0.439 e. The fraction of sp³-hybridized carbons (Fsp3) is 0.100. The molecule has 5 nitrogen and oxygen atoms in total. The van der Waals surface area contributed by atoms with Crippen molar-refractivity contribution >= 4 is 17.6 Å². The topological polar surface area (TPSA) is 66.7 Å². The number of hydroxylamine groups is 1. The Morgan fingerprint density at radius 2 is 1.85 bits per heavy atom. The van der Waals surface area contributed by atoms with Crippen LogP contribution in [0, 0.1) is 0 Å². The molecule has 0 aliphatic heterocycles. The highest BCUT2D eigenvalue weighted by Crippen LogP contribution is 2.23. The molecule has 0 aliphatic carbocycles. The Kier molecular flexibility index (Phi) is 6.24. The lowest BCUT2D eigenvalue weighted by Gasteiger charge is -2.08. The van der Waals surface area contributed by atoms with Crippen LogP contribution in [0.1, 0.15) is 11.1 Å². The lowest BCUT2D eigenvalue weighted by molar-refractivity contribution is 0.234. The second-order valence-electron chi connectivity index (χ2n) is 5.42. The van der Waals surface area contributed by atoms with Crippen LogP contribution >= 0.6 is 11.8 Å². The van der Waals surface area contributed by atoms with Crippen LogP contribution in [0.15, 0.2) is 82.8 Å². The van der Waals surface area contributed by atoms with Crippen molar-refractivity contribution in [3.05, 3.63) is 84.1 Å². The second kappa shape index (κ2) is 9.03. The Morgan fingerprint density at radius 1 is 1.08 bits per heavy atom. The number of aliphatic imine (C=N–C) groups is 1. The van der Waals surface area contributed by atoms with Gasteiger partial charge in [-0.2, -0.15) is 0 Å². The molecule has 1 aromatic heterocycles. The summed E-state index contributed by atoms with van der Waals surface area (Å²) < 4.78 is 5.73. The van der Waals surface area contributed by atoms with Gasteiger partial charge < -0.3 is 4.74 Å². The Labute approximate surface area is 156 Å². The molecule has 0 spiro atoms. The van der Waals surface area contributed by atoms with E-state index in [9.17, 15) is 5.21 Å². The minimum atomic E-state index is 0.359. The molecule has 132 valence electrons. The first-order valence-electron chi connectivity index (χ1n) is 8.05. The van der Waals surface area contributed by atoms with Gasteiger partial charge in [-0.3, -0.25) is 15.7 Å². The zero-order valence-electron chi connectivity index (χ0n) is 14.3. The number of thioether (sulfide) groups is 1. The third kappa shape index (κ3) is 4.84. The summed E-state index contributed by atoms with van der Waals surface area (Å²) in [7, 11) is 0. The van der Waals surface area contributed by atoms with Crippen LogP contribution in [-0.2, 0) is 6.54 Å². The Morgan fingerprint density at radius 3 is 2.46 bits per heavy atom. The van der Waals surface area contributed by atoms with E-state index in [1.807, 2.05) is 60.9 Å².